The van der Waals surface area contributed by atoms with Crippen molar-refractivity contribution in [2.75, 3.05) is 9.80 Å². The van der Waals surface area contributed by atoms with Crippen molar-refractivity contribution in [2.45, 2.75) is 51.4 Å². The highest BCUT2D eigenvalue weighted by Crippen LogP contribution is 2.47. The van der Waals surface area contributed by atoms with E-state index < -0.39 is 0 Å². The molecule has 276 valence electrons. The van der Waals surface area contributed by atoms with Crippen LogP contribution in [0.3, 0.4) is 0 Å². The van der Waals surface area contributed by atoms with Gasteiger partial charge in [0.25, 0.3) is 0 Å². The zero-order chi connectivity index (χ0) is 38.2. The number of allylic oxidation sites excluding steroid dienone is 4. The molecule has 0 heterocycles. The summed E-state index contributed by atoms with van der Waals surface area (Å²) in [6.07, 6.45) is 10.5. The van der Waals surface area contributed by atoms with Crippen LogP contribution in [0.2, 0.25) is 0 Å². The normalized spacial score (nSPS) is 14.2. The minimum absolute atomic E-state index is 0.0256. The van der Waals surface area contributed by atoms with Crippen molar-refractivity contribution < 1.29 is 0 Å². The summed E-state index contributed by atoms with van der Waals surface area (Å²) in [5.74, 6) is 0. The van der Waals surface area contributed by atoms with Crippen LogP contribution in [-0.2, 0) is 5.41 Å². The molecule has 1 aliphatic carbocycles. The maximum Gasteiger partial charge on any atom is 0.0462 e. The Bertz CT molecular complexity index is 2350. The summed E-state index contributed by atoms with van der Waals surface area (Å²) < 4.78 is 0. The molecule has 0 N–H and O–H groups in total. The molecular formula is C54H50N2. The summed E-state index contributed by atoms with van der Waals surface area (Å²) >= 11 is 0. The Morgan fingerprint density at radius 2 is 0.821 bits per heavy atom. The molecule has 0 atom stereocenters. The van der Waals surface area contributed by atoms with Crippen molar-refractivity contribution in [3.8, 4) is 11.1 Å². The molecule has 8 rings (SSSR count). The second-order valence-corrected chi connectivity index (χ2v) is 15.0. The van der Waals surface area contributed by atoms with Crippen LogP contribution in [0.25, 0.3) is 16.7 Å². The van der Waals surface area contributed by atoms with Crippen LogP contribution in [0.15, 0.2) is 212 Å². The number of benzene rings is 7. The minimum atomic E-state index is -0.0256. The molecular weight excluding hydrogens is 677 g/mol. The standard InChI is InChI=1S/C54H50N2/c1-42(44-18-8-3-9-19-44)26-27-43(2)55(49-22-12-5-13-23-49)51-36-30-47(31-37-51)54(40-16-7-17-41-54)48-32-38-53(39-33-48)56(50-24-14-6-15-25-50)52-34-28-46(29-35-52)45-20-10-4-11-21-45/h3-6,8-15,18-39H,7,16-17,40-41H2,1-2H3/b42-26+,43-27+. The van der Waals surface area contributed by atoms with Crippen LogP contribution in [0.5, 0.6) is 0 Å². The Kier molecular flexibility index (Phi) is 11.1. The van der Waals surface area contributed by atoms with Gasteiger partial charge in [0.2, 0.25) is 0 Å². The van der Waals surface area contributed by atoms with Gasteiger partial charge in [-0.2, -0.15) is 0 Å². The summed E-state index contributed by atoms with van der Waals surface area (Å²) in [6, 6.07) is 70.5. The molecule has 0 saturated heterocycles. The van der Waals surface area contributed by atoms with E-state index in [0.29, 0.717) is 0 Å². The van der Waals surface area contributed by atoms with Crippen LogP contribution >= 0.6 is 0 Å². The van der Waals surface area contributed by atoms with E-state index in [0.717, 1.165) is 41.3 Å². The Morgan fingerprint density at radius 1 is 0.411 bits per heavy atom. The molecule has 7 aromatic carbocycles. The highest BCUT2D eigenvalue weighted by molar-refractivity contribution is 5.78. The van der Waals surface area contributed by atoms with Crippen molar-refractivity contribution in [3.63, 3.8) is 0 Å². The van der Waals surface area contributed by atoms with E-state index in [9.17, 15) is 0 Å². The molecule has 56 heavy (non-hydrogen) atoms. The molecule has 7 aromatic rings. The molecule has 0 unspecified atom stereocenters. The summed E-state index contributed by atoms with van der Waals surface area (Å²) in [5.41, 5.74) is 14.6. The fraction of sp³-hybridized carbons (Fsp3) is 0.148. The first-order valence-electron chi connectivity index (χ1n) is 20.1. The maximum atomic E-state index is 2.40. The van der Waals surface area contributed by atoms with E-state index in [1.165, 1.54) is 58.3 Å². The van der Waals surface area contributed by atoms with E-state index in [4.69, 9.17) is 0 Å². The molecule has 2 nitrogen and oxygen atoms in total. The SMILES string of the molecule is C/C(=C\C=C(/C)N(c1ccccc1)c1ccc(C2(c3ccc(N(c4ccccc4)c4ccc(-c5ccccc5)cc4)cc3)CCCCC2)cc1)c1ccccc1. The molecule has 1 aliphatic rings. The molecule has 1 saturated carbocycles. The van der Waals surface area contributed by atoms with Crippen LogP contribution in [-0.4, -0.2) is 0 Å². The average Bonchev–Trinajstić information content (AvgIpc) is 3.28. The van der Waals surface area contributed by atoms with Crippen LogP contribution < -0.4 is 9.80 Å². The second-order valence-electron chi connectivity index (χ2n) is 15.0. The second kappa shape index (κ2) is 17.0. The van der Waals surface area contributed by atoms with E-state index in [2.05, 4.69) is 230 Å². The molecule has 0 bridgehead atoms. The van der Waals surface area contributed by atoms with Crippen LogP contribution in [0.4, 0.5) is 28.4 Å². The van der Waals surface area contributed by atoms with Gasteiger partial charge in [-0.05, 0) is 127 Å². The number of hydrogen-bond acceptors (Lipinski definition) is 2. The lowest BCUT2D eigenvalue weighted by Gasteiger charge is -2.39. The first kappa shape index (κ1) is 36.6. The molecule has 0 radical (unpaired) electrons. The number of nitrogens with zero attached hydrogens (tertiary/aromatic N) is 2. The lowest BCUT2D eigenvalue weighted by Crippen LogP contribution is -2.30. The van der Waals surface area contributed by atoms with Crippen molar-refractivity contribution in [3.05, 3.63) is 229 Å². The Hall–Kier alpha value is -6.38. The van der Waals surface area contributed by atoms with Gasteiger partial charge in [0.05, 0.1) is 0 Å². The predicted octanol–water partition coefficient (Wildman–Crippen LogP) is 15.2. The number of hydrogen-bond donors (Lipinski definition) is 0. The van der Waals surface area contributed by atoms with E-state index in [-0.39, 0.29) is 5.41 Å². The monoisotopic (exact) mass is 726 g/mol. The van der Waals surface area contributed by atoms with Crippen LogP contribution in [0, 0.1) is 0 Å². The van der Waals surface area contributed by atoms with Gasteiger partial charge in [-0.1, -0.05) is 159 Å². The fourth-order valence-electron chi connectivity index (χ4n) is 8.47. The third kappa shape index (κ3) is 7.88. The highest BCUT2D eigenvalue weighted by atomic mass is 15.1. The summed E-state index contributed by atoms with van der Waals surface area (Å²) in [5, 5.41) is 0. The average molecular weight is 727 g/mol. The smallest absolute Gasteiger partial charge is 0.0462 e. The lowest BCUT2D eigenvalue weighted by molar-refractivity contribution is 0.346. The minimum Gasteiger partial charge on any atom is -0.315 e. The van der Waals surface area contributed by atoms with E-state index in [1.54, 1.807) is 0 Å². The zero-order valence-corrected chi connectivity index (χ0v) is 32.6. The van der Waals surface area contributed by atoms with E-state index >= 15 is 0 Å². The molecule has 1 fully saturated rings. The van der Waals surface area contributed by atoms with Gasteiger partial charge in [-0.15, -0.1) is 0 Å². The summed E-state index contributed by atoms with van der Waals surface area (Å²) in [4.78, 5) is 4.73. The van der Waals surface area contributed by atoms with Gasteiger partial charge in [0.15, 0.2) is 0 Å². The van der Waals surface area contributed by atoms with Crippen molar-refractivity contribution in [1.82, 2.24) is 0 Å². The van der Waals surface area contributed by atoms with Crippen molar-refractivity contribution in [1.29, 1.82) is 0 Å². The number of para-hydroxylation sites is 2. The van der Waals surface area contributed by atoms with Gasteiger partial charge in [0, 0.05) is 39.5 Å². The molecule has 0 aliphatic heterocycles. The van der Waals surface area contributed by atoms with Gasteiger partial charge >= 0.3 is 0 Å². The topological polar surface area (TPSA) is 6.48 Å². The summed E-state index contributed by atoms with van der Waals surface area (Å²) in [6.45, 7) is 4.38. The van der Waals surface area contributed by atoms with Gasteiger partial charge in [0.1, 0.15) is 0 Å². The van der Waals surface area contributed by atoms with Crippen molar-refractivity contribution in [2.24, 2.45) is 0 Å². The Labute approximate surface area is 333 Å². The first-order chi connectivity index (χ1) is 27.6. The highest BCUT2D eigenvalue weighted by Gasteiger charge is 2.36. The van der Waals surface area contributed by atoms with Crippen molar-refractivity contribution >= 4 is 34.0 Å². The Balaban J connectivity index is 1.11. The quantitative estimate of drug-likeness (QED) is 0.122. The molecule has 2 heteroatoms. The van der Waals surface area contributed by atoms with E-state index in [1.807, 2.05) is 0 Å². The number of anilines is 5. The predicted molar refractivity (Wildman–Crippen MR) is 239 cm³/mol. The Morgan fingerprint density at radius 3 is 1.38 bits per heavy atom. The third-order valence-electron chi connectivity index (χ3n) is 11.5. The maximum absolute atomic E-state index is 2.40. The van der Waals surface area contributed by atoms with Crippen LogP contribution in [0.1, 0.15) is 62.6 Å². The first-order valence-corrected chi connectivity index (χ1v) is 20.1. The fourth-order valence-corrected chi connectivity index (χ4v) is 8.47. The molecule has 0 aromatic heterocycles. The van der Waals surface area contributed by atoms with Gasteiger partial charge < -0.3 is 9.80 Å². The molecule has 0 amide bonds. The lowest BCUT2D eigenvalue weighted by atomic mass is 9.65. The number of rotatable bonds is 11. The summed E-state index contributed by atoms with van der Waals surface area (Å²) in [7, 11) is 0. The zero-order valence-electron chi connectivity index (χ0n) is 32.6. The third-order valence-corrected chi connectivity index (χ3v) is 11.5. The van der Waals surface area contributed by atoms with Gasteiger partial charge in [-0.25, -0.2) is 0 Å². The largest absolute Gasteiger partial charge is 0.315 e. The molecule has 0 spiro atoms. The van der Waals surface area contributed by atoms with Gasteiger partial charge in [-0.3, -0.25) is 0 Å².